The number of piperidine rings is 2. The summed E-state index contributed by atoms with van der Waals surface area (Å²) in [7, 11) is 0. The number of H-pyrrole nitrogens is 1. The van der Waals surface area contributed by atoms with Crippen molar-refractivity contribution in [1.82, 2.24) is 29.9 Å². The predicted molar refractivity (Wildman–Crippen MR) is 180 cm³/mol. The number of amides is 5. The SMILES string of the molecule is CCCCN(CC)C1CCN(C(=O)[C@@H](Cc2ccc3[nH]c(=O)oc3c2)NC(=O)N2CCC(N3Cc4ccccc4NC3=O)CC2)CC1. The van der Waals surface area contributed by atoms with E-state index >= 15 is 0 Å². The van der Waals surface area contributed by atoms with Crippen LogP contribution >= 0.6 is 0 Å². The number of rotatable bonds is 10. The summed E-state index contributed by atoms with van der Waals surface area (Å²) in [4.78, 5) is 63.0. The zero-order chi connectivity index (χ0) is 32.9. The number of oxazole rings is 1. The number of unbranched alkanes of at least 4 members (excludes halogenated alkanes) is 1. The average molecular weight is 646 g/mol. The van der Waals surface area contributed by atoms with Crippen molar-refractivity contribution in [3.05, 3.63) is 64.1 Å². The first-order valence-electron chi connectivity index (χ1n) is 17.2. The van der Waals surface area contributed by atoms with Gasteiger partial charge in [0.05, 0.1) is 5.52 Å². The fraction of sp³-hybridized carbons (Fsp3) is 0.543. The van der Waals surface area contributed by atoms with Gasteiger partial charge in [0, 0.05) is 56.9 Å². The maximum Gasteiger partial charge on any atom is 0.417 e. The van der Waals surface area contributed by atoms with Crippen LogP contribution in [-0.4, -0.2) is 99.9 Å². The van der Waals surface area contributed by atoms with Crippen LogP contribution in [0.25, 0.3) is 11.1 Å². The normalized spacial score (nSPS) is 18.4. The van der Waals surface area contributed by atoms with Crippen LogP contribution in [-0.2, 0) is 17.8 Å². The van der Waals surface area contributed by atoms with Crippen LogP contribution in [0.4, 0.5) is 15.3 Å². The van der Waals surface area contributed by atoms with E-state index in [-0.39, 0.29) is 30.4 Å². The summed E-state index contributed by atoms with van der Waals surface area (Å²) in [6.07, 6.45) is 5.74. The molecular formula is C35H47N7O5. The molecule has 252 valence electrons. The molecule has 6 rings (SSSR count). The Labute approximate surface area is 275 Å². The molecule has 4 heterocycles. The number of likely N-dealkylation sites (tertiary alicyclic amines) is 2. The van der Waals surface area contributed by atoms with Crippen molar-refractivity contribution in [3.63, 3.8) is 0 Å². The molecule has 3 aliphatic heterocycles. The summed E-state index contributed by atoms with van der Waals surface area (Å²) < 4.78 is 5.26. The molecular weight excluding hydrogens is 598 g/mol. The maximum absolute atomic E-state index is 14.1. The number of para-hydroxylation sites is 1. The Hall–Kier alpha value is -4.32. The molecule has 0 unspecified atom stereocenters. The van der Waals surface area contributed by atoms with Crippen LogP contribution in [0.5, 0.6) is 0 Å². The second kappa shape index (κ2) is 14.6. The molecule has 2 fully saturated rings. The summed E-state index contributed by atoms with van der Waals surface area (Å²) in [5.41, 5.74) is 3.73. The van der Waals surface area contributed by atoms with E-state index < -0.39 is 11.8 Å². The summed E-state index contributed by atoms with van der Waals surface area (Å²) in [6, 6.07) is 12.5. The van der Waals surface area contributed by atoms with E-state index in [0.717, 1.165) is 49.2 Å². The largest absolute Gasteiger partial charge is 0.417 e. The highest BCUT2D eigenvalue weighted by atomic mass is 16.4. The molecule has 0 bridgehead atoms. The number of aromatic nitrogens is 1. The van der Waals surface area contributed by atoms with E-state index in [2.05, 4.69) is 34.4 Å². The monoisotopic (exact) mass is 645 g/mol. The van der Waals surface area contributed by atoms with E-state index in [9.17, 15) is 19.2 Å². The summed E-state index contributed by atoms with van der Waals surface area (Å²) in [6.45, 7) is 9.30. The summed E-state index contributed by atoms with van der Waals surface area (Å²) in [5, 5.41) is 6.06. The molecule has 5 amide bonds. The first-order valence-corrected chi connectivity index (χ1v) is 17.2. The third-order valence-corrected chi connectivity index (χ3v) is 10.1. The number of hydrogen-bond acceptors (Lipinski definition) is 6. The minimum atomic E-state index is -0.772. The number of anilines is 1. The van der Waals surface area contributed by atoms with Gasteiger partial charge < -0.3 is 34.7 Å². The van der Waals surface area contributed by atoms with Crippen LogP contribution in [0.1, 0.15) is 63.5 Å². The lowest BCUT2D eigenvalue weighted by molar-refractivity contribution is -0.134. The quantitative estimate of drug-likeness (QED) is 0.300. The van der Waals surface area contributed by atoms with Crippen LogP contribution in [0.2, 0.25) is 0 Å². The molecule has 1 atom stereocenters. The van der Waals surface area contributed by atoms with Gasteiger partial charge in [0.15, 0.2) is 5.58 Å². The summed E-state index contributed by atoms with van der Waals surface area (Å²) >= 11 is 0. The zero-order valence-electron chi connectivity index (χ0n) is 27.5. The molecule has 3 N–H and O–H groups in total. The first-order chi connectivity index (χ1) is 22.8. The van der Waals surface area contributed by atoms with Crippen molar-refractivity contribution >= 4 is 34.8 Å². The summed E-state index contributed by atoms with van der Waals surface area (Å²) in [5.74, 6) is -0.627. The number of urea groups is 2. The predicted octanol–water partition coefficient (Wildman–Crippen LogP) is 4.37. The van der Waals surface area contributed by atoms with E-state index in [1.54, 1.807) is 17.0 Å². The highest BCUT2D eigenvalue weighted by Crippen LogP contribution is 2.28. The van der Waals surface area contributed by atoms with Gasteiger partial charge in [0.25, 0.3) is 0 Å². The third-order valence-electron chi connectivity index (χ3n) is 10.1. The lowest BCUT2D eigenvalue weighted by Crippen LogP contribution is -2.57. The molecule has 47 heavy (non-hydrogen) atoms. The Kier molecular flexibility index (Phi) is 10.1. The standard InChI is InChI=1S/C35H47N7O5/c1-3-5-16-39(4-2)26-12-17-40(18-13-26)32(43)30(21-24-10-11-29-31(22-24)47-35(46)38-29)37-33(44)41-19-14-27(15-20-41)42-23-25-8-6-7-9-28(25)36-34(42)45/h6-11,22,26-27,30H,3-5,12-21,23H2,1-2H3,(H,36,45)(H,37,44)(H,38,46)/t30-/m1/s1. The lowest BCUT2D eigenvalue weighted by Gasteiger charge is -2.41. The first kappa shape index (κ1) is 32.6. The number of carbonyl (C=O) groups is 3. The van der Waals surface area contributed by atoms with Gasteiger partial charge in [0.1, 0.15) is 6.04 Å². The minimum absolute atomic E-state index is 0.0221. The molecule has 1 aromatic heterocycles. The number of hydrogen-bond donors (Lipinski definition) is 3. The maximum atomic E-state index is 14.1. The van der Waals surface area contributed by atoms with Crippen molar-refractivity contribution in [1.29, 1.82) is 0 Å². The molecule has 12 heteroatoms. The molecule has 12 nitrogen and oxygen atoms in total. The second-order valence-corrected chi connectivity index (χ2v) is 13.0. The van der Waals surface area contributed by atoms with Gasteiger partial charge in [0.2, 0.25) is 5.91 Å². The Morgan fingerprint density at radius 2 is 1.74 bits per heavy atom. The van der Waals surface area contributed by atoms with Gasteiger partial charge in [-0.2, -0.15) is 0 Å². The third kappa shape index (κ3) is 7.48. The molecule has 0 aliphatic carbocycles. The molecule has 0 saturated carbocycles. The lowest BCUT2D eigenvalue weighted by atomic mass is 9.99. The molecule has 0 spiro atoms. The molecule has 2 saturated heterocycles. The van der Waals surface area contributed by atoms with Crippen LogP contribution < -0.4 is 16.4 Å². The Morgan fingerprint density at radius 1 is 1.00 bits per heavy atom. The number of aromatic amines is 1. The number of nitrogens with zero attached hydrogens (tertiary/aromatic N) is 4. The molecule has 0 radical (unpaired) electrons. The Balaban J connectivity index is 1.11. The molecule has 3 aliphatic rings. The smallest absolute Gasteiger partial charge is 0.408 e. The van der Waals surface area contributed by atoms with Crippen molar-refractivity contribution < 1.29 is 18.8 Å². The van der Waals surface area contributed by atoms with Gasteiger partial charge in [-0.1, -0.05) is 44.5 Å². The highest BCUT2D eigenvalue weighted by molar-refractivity contribution is 5.92. The number of nitrogens with one attached hydrogen (secondary N) is 3. The fourth-order valence-corrected chi connectivity index (χ4v) is 7.32. The van der Waals surface area contributed by atoms with Crippen molar-refractivity contribution in [2.45, 2.75) is 83.5 Å². The van der Waals surface area contributed by atoms with Crippen molar-refractivity contribution in [3.8, 4) is 0 Å². The van der Waals surface area contributed by atoms with Gasteiger partial charge in [-0.05, 0) is 74.5 Å². The number of fused-ring (bicyclic) bond motifs is 2. The second-order valence-electron chi connectivity index (χ2n) is 13.0. The van der Waals surface area contributed by atoms with E-state index in [4.69, 9.17) is 4.42 Å². The van der Waals surface area contributed by atoms with Gasteiger partial charge in [-0.15, -0.1) is 0 Å². The van der Waals surface area contributed by atoms with Crippen molar-refractivity contribution in [2.24, 2.45) is 0 Å². The number of carbonyl (C=O) groups excluding carboxylic acids is 3. The Morgan fingerprint density at radius 3 is 2.49 bits per heavy atom. The van der Waals surface area contributed by atoms with E-state index in [0.29, 0.717) is 62.7 Å². The van der Waals surface area contributed by atoms with Gasteiger partial charge >= 0.3 is 17.8 Å². The zero-order valence-corrected chi connectivity index (χ0v) is 27.5. The minimum Gasteiger partial charge on any atom is -0.408 e. The van der Waals surface area contributed by atoms with E-state index in [1.165, 1.54) is 6.42 Å². The molecule has 3 aromatic rings. The fourth-order valence-electron chi connectivity index (χ4n) is 7.32. The highest BCUT2D eigenvalue weighted by Gasteiger charge is 2.35. The van der Waals surface area contributed by atoms with Gasteiger partial charge in [-0.3, -0.25) is 9.78 Å². The van der Waals surface area contributed by atoms with Crippen molar-refractivity contribution in [2.75, 3.05) is 44.6 Å². The molecule has 2 aromatic carbocycles. The van der Waals surface area contributed by atoms with Crippen LogP contribution in [0.15, 0.2) is 51.7 Å². The average Bonchev–Trinajstić information content (AvgIpc) is 3.47. The van der Waals surface area contributed by atoms with Crippen LogP contribution in [0, 0.1) is 0 Å². The Bertz CT molecular complexity index is 1620. The van der Waals surface area contributed by atoms with Gasteiger partial charge in [-0.25, -0.2) is 14.4 Å². The topological polar surface area (TPSA) is 134 Å². The van der Waals surface area contributed by atoms with E-state index in [1.807, 2.05) is 40.1 Å². The van der Waals surface area contributed by atoms with Crippen LogP contribution in [0.3, 0.4) is 0 Å². The number of benzene rings is 2.